The molecule has 1 aromatic heterocycles. The highest BCUT2D eigenvalue weighted by Crippen LogP contribution is 2.28. The van der Waals surface area contributed by atoms with Crippen LogP contribution in [0.2, 0.25) is 0 Å². The second-order valence-electron chi connectivity index (χ2n) is 5.36. The van der Waals surface area contributed by atoms with Crippen LogP contribution in [0.15, 0.2) is 24.4 Å². The van der Waals surface area contributed by atoms with E-state index in [0.29, 0.717) is 6.04 Å². The van der Waals surface area contributed by atoms with E-state index in [1.165, 1.54) is 16.7 Å². The predicted octanol–water partition coefficient (Wildman–Crippen LogP) is 2.90. The first-order valence-corrected chi connectivity index (χ1v) is 6.92. The highest BCUT2D eigenvalue weighted by Gasteiger charge is 2.10. The number of benzene rings is 1. The third-order valence-electron chi connectivity index (χ3n) is 3.31. The molecule has 0 spiro atoms. The Kier molecular flexibility index (Phi) is 4.45. The molecule has 4 nitrogen and oxygen atoms in total. The van der Waals surface area contributed by atoms with Gasteiger partial charge in [-0.2, -0.15) is 5.10 Å². The van der Waals surface area contributed by atoms with Gasteiger partial charge in [0.2, 0.25) is 0 Å². The van der Waals surface area contributed by atoms with Crippen molar-refractivity contribution in [3.63, 3.8) is 0 Å². The van der Waals surface area contributed by atoms with Gasteiger partial charge < -0.3 is 10.1 Å². The molecule has 1 aromatic carbocycles. The Morgan fingerprint density at radius 1 is 1.35 bits per heavy atom. The lowest BCUT2D eigenvalue weighted by Gasteiger charge is -2.13. The molecule has 0 atom stereocenters. The van der Waals surface area contributed by atoms with Crippen molar-refractivity contribution in [3.8, 4) is 16.9 Å². The number of hydrogen-bond acceptors (Lipinski definition) is 3. The second kappa shape index (κ2) is 6.09. The van der Waals surface area contributed by atoms with Gasteiger partial charge in [-0.3, -0.25) is 4.68 Å². The third kappa shape index (κ3) is 3.20. The molecule has 0 aliphatic heterocycles. The highest BCUT2D eigenvalue weighted by molar-refractivity contribution is 5.67. The van der Waals surface area contributed by atoms with Crippen molar-refractivity contribution in [1.82, 2.24) is 15.1 Å². The standard InChI is InChI=1S/C16H23N3O/c1-11(2)17-9-14-8-13(6-7-16(14)20-5)15-10-19(4)18-12(15)3/h6-8,10-11,17H,9H2,1-5H3. The van der Waals surface area contributed by atoms with Gasteiger partial charge in [0.25, 0.3) is 0 Å². The summed E-state index contributed by atoms with van der Waals surface area (Å²) < 4.78 is 7.29. The second-order valence-corrected chi connectivity index (χ2v) is 5.36. The summed E-state index contributed by atoms with van der Waals surface area (Å²) in [6.07, 6.45) is 2.05. The van der Waals surface area contributed by atoms with Gasteiger partial charge in [-0.05, 0) is 24.6 Å². The van der Waals surface area contributed by atoms with Crippen LogP contribution in [0.1, 0.15) is 25.1 Å². The monoisotopic (exact) mass is 273 g/mol. The fraction of sp³-hybridized carbons (Fsp3) is 0.438. The predicted molar refractivity (Wildman–Crippen MR) is 81.9 cm³/mol. The van der Waals surface area contributed by atoms with Crippen LogP contribution in [0.3, 0.4) is 0 Å². The summed E-state index contributed by atoms with van der Waals surface area (Å²) in [6.45, 7) is 7.11. The maximum atomic E-state index is 5.44. The Bertz CT molecular complexity index is 587. The molecule has 0 saturated heterocycles. The van der Waals surface area contributed by atoms with Crippen molar-refractivity contribution >= 4 is 0 Å². The lowest BCUT2D eigenvalue weighted by Crippen LogP contribution is -2.22. The fourth-order valence-electron chi connectivity index (χ4n) is 2.28. The van der Waals surface area contributed by atoms with Crippen molar-refractivity contribution in [2.24, 2.45) is 7.05 Å². The summed E-state index contributed by atoms with van der Waals surface area (Å²) in [5, 5.41) is 7.84. The lowest BCUT2D eigenvalue weighted by atomic mass is 10.0. The molecule has 2 rings (SSSR count). The maximum Gasteiger partial charge on any atom is 0.123 e. The Labute approximate surface area is 120 Å². The average molecular weight is 273 g/mol. The topological polar surface area (TPSA) is 39.1 Å². The third-order valence-corrected chi connectivity index (χ3v) is 3.31. The minimum absolute atomic E-state index is 0.448. The average Bonchev–Trinajstić information content (AvgIpc) is 2.75. The minimum atomic E-state index is 0.448. The van der Waals surface area contributed by atoms with Crippen molar-refractivity contribution in [1.29, 1.82) is 0 Å². The smallest absolute Gasteiger partial charge is 0.123 e. The molecule has 1 N–H and O–H groups in total. The quantitative estimate of drug-likeness (QED) is 0.910. The molecule has 0 aliphatic carbocycles. The van der Waals surface area contributed by atoms with Crippen molar-refractivity contribution in [2.75, 3.05) is 7.11 Å². The number of hydrogen-bond donors (Lipinski definition) is 1. The summed E-state index contributed by atoms with van der Waals surface area (Å²) in [4.78, 5) is 0. The van der Waals surface area contributed by atoms with Crippen LogP contribution in [0.4, 0.5) is 0 Å². The van der Waals surface area contributed by atoms with E-state index < -0.39 is 0 Å². The van der Waals surface area contributed by atoms with Crippen LogP contribution in [-0.2, 0) is 13.6 Å². The number of nitrogens with zero attached hydrogens (tertiary/aromatic N) is 2. The molecular weight excluding hydrogens is 250 g/mol. The van der Waals surface area contributed by atoms with Gasteiger partial charge in [-0.1, -0.05) is 19.9 Å². The van der Waals surface area contributed by atoms with E-state index in [2.05, 4.69) is 42.6 Å². The Morgan fingerprint density at radius 2 is 2.10 bits per heavy atom. The Morgan fingerprint density at radius 3 is 2.65 bits per heavy atom. The van der Waals surface area contributed by atoms with Crippen LogP contribution in [-0.4, -0.2) is 22.9 Å². The van der Waals surface area contributed by atoms with E-state index >= 15 is 0 Å². The van der Waals surface area contributed by atoms with Gasteiger partial charge in [-0.25, -0.2) is 0 Å². The van der Waals surface area contributed by atoms with Crippen LogP contribution in [0, 0.1) is 6.92 Å². The first-order valence-electron chi connectivity index (χ1n) is 6.92. The Balaban J connectivity index is 2.36. The number of nitrogens with one attached hydrogen (secondary N) is 1. The normalized spacial score (nSPS) is 11.1. The fourth-order valence-corrected chi connectivity index (χ4v) is 2.28. The molecular formula is C16H23N3O. The summed E-state index contributed by atoms with van der Waals surface area (Å²) in [5.41, 5.74) is 4.56. The van der Waals surface area contributed by atoms with Gasteiger partial charge in [0.05, 0.1) is 12.8 Å². The summed E-state index contributed by atoms with van der Waals surface area (Å²) in [5.74, 6) is 0.920. The molecule has 0 bridgehead atoms. The van der Waals surface area contributed by atoms with Crippen molar-refractivity contribution < 1.29 is 4.74 Å². The minimum Gasteiger partial charge on any atom is -0.496 e. The lowest BCUT2D eigenvalue weighted by molar-refractivity contribution is 0.406. The van der Waals surface area contributed by atoms with Crippen LogP contribution in [0.5, 0.6) is 5.75 Å². The van der Waals surface area contributed by atoms with Gasteiger partial charge >= 0.3 is 0 Å². The van der Waals surface area contributed by atoms with E-state index in [4.69, 9.17) is 4.74 Å². The van der Waals surface area contributed by atoms with Crippen LogP contribution in [0.25, 0.3) is 11.1 Å². The first kappa shape index (κ1) is 14.6. The number of aryl methyl sites for hydroxylation is 2. The number of rotatable bonds is 5. The molecule has 0 aliphatic rings. The van der Waals surface area contributed by atoms with E-state index in [0.717, 1.165) is 18.0 Å². The van der Waals surface area contributed by atoms with E-state index in [-0.39, 0.29) is 0 Å². The summed E-state index contributed by atoms with van der Waals surface area (Å²) in [6, 6.07) is 6.74. The molecule has 0 radical (unpaired) electrons. The van der Waals surface area contributed by atoms with Crippen molar-refractivity contribution in [3.05, 3.63) is 35.7 Å². The molecule has 0 unspecified atom stereocenters. The molecule has 2 aromatic rings. The molecule has 4 heteroatoms. The van der Waals surface area contributed by atoms with E-state index in [1.807, 2.05) is 24.7 Å². The van der Waals surface area contributed by atoms with Gasteiger partial charge in [-0.15, -0.1) is 0 Å². The zero-order valence-electron chi connectivity index (χ0n) is 12.9. The number of aromatic nitrogens is 2. The molecule has 0 saturated carbocycles. The van der Waals surface area contributed by atoms with Gasteiger partial charge in [0.15, 0.2) is 0 Å². The zero-order valence-corrected chi connectivity index (χ0v) is 12.9. The molecule has 20 heavy (non-hydrogen) atoms. The molecule has 0 fully saturated rings. The summed E-state index contributed by atoms with van der Waals surface area (Å²) in [7, 11) is 3.66. The van der Waals surface area contributed by atoms with Gasteiger partial charge in [0.1, 0.15) is 5.75 Å². The molecule has 0 amide bonds. The number of methoxy groups -OCH3 is 1. The molecule has 108 valence electrons. The van der Waals surface area contributed by atoms with E-state index in [1.54, 1.807) is 7.11 Å². The highest BCUT2D eigenvalue weighted by atomic mass is 16.5. The van der Waals surface area contributed by atoms with Crippen LogP contribution >= 0.6 is 0 Å². The zero-order chi connectivity index (χ0) is 14.7. The van der Waals surface area contributed by atoms with Crippen LogP contribution < -0.4 is 10.1 Å². The SMILES string of the molecule is COc1ccc(-c2cn(C)nc2C)cc1CNC(C)C. The summed E-state index contributed by atoms with van der Waals surface area (Å²) >= 11 is 0. The maximum absolute atomic E-state index is 5.44. The Hall–Kier alpha value is -1.81. The molecule has 1 heterocycles. The van der Waals surface area contributed by atoms with Gasteiger partial charge in [0, 0.05) is 37.0 Å². The number of ether oxygens (including phenoxy) is 1. The first-order chi connectivity index (χ1) is 9.51. The van der Waals surface area contributed by atoms with Crippen molar-refractivity contribution in [2.45, 2.75) is 33.4 Å². The van der Waals surface area contributed by atoms with E-state index in [9.17, 15) is 0 Å². The largest absolute Gasteiger partial charge is 0.496 e.